The fourth-order valence-corrected chi connectivity index (χ4v) is 6.12. The zero-order valence-electron chi connectivity index (χ0n) is 23.1. The van der Waals surface area contributed by atoms with E-state index in [2.05, 4.69) is 5.32 Å². The predicted molar refractivity (Wildman–Crippen MR) is 172 cm³/mol. The van der Waals surface area contributed by atoms with E-state index >= 15 is 0 Å². The van der Waals surface area contributed by atoms with Crippen LogP contribution in [0.1, 0.15) is 25.0 Å². The first kappa shape index (κ1) is 34.3. The minimum atomic E-state index is -4.06. The molecule has 0 aromatic heterocycles. The number of hydrogen-bond donors (Lipinski definition) is 1. The first-order chi connectivity index (χ1) is 19.7. The molecule has 0 spiro atoms. The molecule has 0 heterocycles. The maximum Gasteiger partial charge on any atom is 0.244 e. The highest BCUT2D eigenvalue weighted by molar-refractivity contribution is 7.92. The second-order valence-electron chi connectivity index (χ2n) is 10.1. The first-order valence-corrected chi connectivity index (χ1v) is 16.6. The number of nitrogens with zero attached hydrogens (tertiary/aromatic N) is 2. The summed E-state index contributed by atoms with van der Waals surface area (Å²) in [5, 5.41) is 3.75. The van der Waals surface area contributed by atoms with Crippen LogP contribution in [0.4, 0.5) is 5.69 Å². The lowest BCUT2D eigenvalue weighted by Crippen LogP contribution is -2.53. The molecule has 0 unspecified atom stereocenters. The van der Waals surface area contributed by atoms with E-state index in [0.29, 0.717) is 17.1 Å². The molecule has 2 amide bonds. The molecule has 13 heteroatoms. The van der Waals surface area contributed by atoms with E-state index in [9.17, 15) is 18.0 Å². The van der Waals surface area contributed by atoms with Gasteiger partial charge in [-0.2, -0.15) is 0 Å². The van der Waals surface area contributed by atoms with E-state index in [1.165, 1.54) is 23.1 Å². The molecule has 0 aliphatic carbocycles. The quantitative estimate of drug-likeness (QED) is 0.205. The zero-order chi connectivity index (χ0) is 31.2. The molecule has 0 fully saturated rings. The lowest BCUT2D eigenvalue weighted by atomic mass is 10.0. The van der Waals surface area contributed by atoms with Gasteiger partial charge in [0.15, 0.2) is 0 Å². The van der Waals surface area contributed by atoms with Crippen LogP contribution in [0, 0.1) is 5.92 Å². The smallest absolute Gasteiger partial charge is 0.244 e. The van der Waals surface area contributed by atoms with E-state index in [1.54, 1.807) is 12.1 Å². The molecule has 1 N–H and O–H groups in total. The number of amides is 2. The Balaban J connectivity index is 2.12. The highest BCUT2D eigenvalue weighted by Gasteiger charge is 2.34. The van der Waals surface area contributed by atoms with Crippen molar-refractivity contribution in [1.29, 1.82) is 0 Å². The van der Waals surface area contributed by atoms with E-state index in [4.69, 9.17) is 58.0 Å². The number of nitrogens with one attached hydrogen (secondary N) is 1. The van der Waals surface area contributed by atoms with Crippen LogP contribution >= 0.6 is 58.0 Å². The molecule has 0 aliphatic heterocycles. The monoisotopic (exact) mass is 691 g/mol. The summed E-state index contributed by atoms with van der Waals surface area (Å²) in [6.45, 7) is 3.50. The molecule has 3 aromatic carbocycles. The molecule has 0 saturated carbocycles. The Labute approximate surface area is 271 Å². The third kappa shape index (κ3) is 9.40. The fourth-order valence-electron chi connectivity index (χ4n) is 4.11. The normalized spacial score (nSPS) is 12.2. The van der Waals surface area contributed by atoms with Gasteiger partial charge in [0, 0.05) is 29.6 Å². The number of halogens is 5. The van der Waals surface area contributed by atoms with Crippen molar-refractivity contribution in [2.45, 2.75) is 32.9 Å². The summed E-state index contributed by atoms with van der Waals surface area (Å²) in [7, 11) is -4.06. The third-order valence-electron chi connectivity index (χ3n) is 6.25. The Bertz CT molecular complexity index is 1540. The van der Waals surface area contributed by atoms with Gasteiger partial charge < -0.3 is 10.2 Å². The van der Waals surface area contributed by atoms with Crippen LogP contribution in [-0.2, 0) is 32.6 Å². The van der Waals surface area contributed by atoms with Gasteiger partial charge >= 0.3 is 0 Å². The molecular formula is C29H30Cl5N3O4S. The number of rotatable bonds is 12. The molecule has 1 atom stereocenters. The Hall–Kier alpha value is -2.20. The standard InChI is InChI=1S/C29H30Cl5N3O4S/c1-18(2)15-35-29(39)27(11-19-7-5-4-6-8-19)36(16-20-9-10-21(30)12-22(20)31)28(38)17-37(42(3,40)41)26-14-24(33)23(32)13-25(26)34/h4-10,12-14,18,27H,11,15-17H2,1-3H3,(H,35,39)/t27-/m1/s1. The van der Waals surface area contributed by atoms with Gasteiger partial charge in [-0.05, 0) is 41.3 Å². The number of benzene rings is 3. The Kier molecular flexibility index (Phi) is 12.2. The maximum absolute atomic E-state index is 14.2. The van der Waals surface area contributed by atoms with Crippen LogP contribution < -0.4 is 9.62 Å². The highest BCUT2D eigenvalue weighted by Crippen LogP contribution is 2.36. The van der Waals surface area contributed by atoms with Gasteiger partial charge in [0.25, 0.3) is 0 Å². The number of hydrogen-bond acceptors (Lipinski definition) is 4. The molecule has 7 nitrogen and oxygen atoms in total. The van der Waals surface area contributed by atoms with Crippen molar-refractivity contribution in [2.24, 2.45) is 5.92 Å². The third-order valence-corrected chi connectivity index (χ3v) is 8.99. The Morgan fingerprint density at radius 2 is 1.50 bits per heavy atom. The lowest BCUT2D eigenvalue weighted by Gasteiger charge is -2.34. The number of carbonyl (C=O) groups is 2. The van der Waals surface area contributed by atoms with Gasteiger partial charge in [-0.3, -0.25) is 13.9 Å². The maximum atomic E-state index is 14.2. The predicted octanol–water partition coefficient (Wildman–Crippen LogP) is 7.13. The van der Waals surface area contributed by atoms with Gasteiger partial charge in [0.1, 0.15) is 12.6 Å². The molecule has 0 bridgehead atoms. The van der Waals surface area contributed by atoms with Gasteiger partial charge in [0.2, 0.25) is 21.8 Å². The van der Waals surface area contributed by atoms with Gasteiger partial charge in [-0.25, -0.2) is 8.42 Å². The first-order valence-electron chi connectivity index (χ1n) is 12.8. The topological polar surface area (TPSA) is 86.8 Å². The second kappa shape index (κ2) is 15.0. The van der Waals surface area contributed by atoms with Crippen molar-refractivity contribution < 1.29 is 18.0 Å². The van der Waals surface area contributed by atoms with E-state index < -0.39 is 34.4 Å². The van der Waals surface area contributed by atoms with E-state index in [0.717, 1.165) is 16.1 Å². The van der Waals surface area contributed by atoms with Crippen molar-refractivity contribution in [3.8, 4) is 0 Å². The average molecular weight is 694 g/mol. The lowest BCUT2D eigenvalue weighted by molar-refractivity contribution is -0.140. The molecular weight excluding hydrogens is 664 g/mol. The summed E-state index contributed by atoms with van der Waals surface area (Å²) in [4.78, 5) is 29.2. The Morgan fingerprint density at radius 1 is 0.857 bits per heavy atom. The molecule has 3 rings (SSSR count). The van der Waals surface area contributed by atoms with Gasteiger partial charge in [-0.1, -0.05) is 108 Å². The largest absolute Gasteiger partial charge is 0.354 e. The number of carbonyl (C=O) groups excluding carboxylic acids is 2. The van der Waals surface area contributed by atoms with Crippen LogP contribution in [0.25, 0.3) is 0 Å². The average Bonchev–Trinajstić information content (AvgIpc) is 2.91. The van der Waals surface area contributed by atoms with Crippen molar-refractivity contribution in [3.05, 3.63) is 96.9 Å². The molecule has 42 heavy (non-hydrogen) atoms. The highest BCUT2D eigenvalue weighted by atomic mass is 35.5. The Morgan fingerprint density at radius 3 is 2.10 bits per heavy atom. The minimum Gasteiger partial charge on any atom is -0.354 e. The van der Waals surface area contributed by atoms with E-state index in [-0.39, 0.29) is 44.7 Å². The summed E-state index contributed by atoms with van der Waals surface area (Å²) < 4.78 is 26.8. The fraction of sp³-hybridized carbons (Fsp3) is 0.310. The summed E-state index contributed by atoms with van der Waals surface area (Å²) in [6, 6.07) is 15.6. The van der Waals surface area contributed by atoms with Crippen LogP contribution in [-0.4, -0.2) is 50.5 Å². The van der Waals surface area contributed by atoms with Crippen LogP contribution in [0.15, 0.2) is 60.7 Å². The van der Waals surface area contributed by atoms with Crippen LogP contribution in [0.5, 0.6) is 0 Å². The summed E-state index contributed by atoms with van der Waals surface area (Å²) in [5.41, 5.74) is 1.28. The van der Waals surface area contributed by atoms with Crippen LogP contribution in [0.2, 0.25) is 25.1 Å². The SMILES string of the molecule is CC(C)CNC(=O)[C@@H](Cc1ccccc1)N(Cc1ccc(Cl)cc1Cl)C(=O)CN(c1cc(Cl)c(Cl)cc1Cl)S(C)(=O)=O. The van der Waals surface area contributed by atoms with Gasteiger partial charge in [0.05, 0.1) is 27.0 Å². The molecule has 0 radical (unpaired) electrons. The number of anilines is 1. The molecule has 226 valence electrons. The molecule has 3 aromatic rings. The van der Waals surface area contributed by atoms with Crippen molar-refractivity contribution in [3.63, 3.8) is 0 Å². The zero-order valence-corrected chi connectivity index (χ0v) is 27.7. The van der Waals surface area contributed by atoms with Crippen LogP contribution in [0.3, 0.4) is 0 Å². The molecule has 0 aliphatic rings. The van der Waals surface area contributed by atoms with Gasteiger partial charge in [-0.15, -0.1) is 0 Å². The van der Waals surface area contributed by atoms with Crippen molar-refractivity contribution in [2.75, 3.05) is 23.7 Å². The second-order valence-corrected chi connectivity index (χ2v) is 14.1. The summed E-state index contributed by atoms with van der Waals surface area (Å²) in [6.07, 6.45) is 1.10. The summed E-state index contributed by atoms with van der Waals surface area (Å²) >= 11 is 31.2. The minimum absolute atomic E-state index is 0.0227. The summed E-state index contributed by atoms with van der Waals surface area (Å²) in [5.74, 6) is -0.919. The number of sulfonamides is 1. The van der Waals surface area contributed by atoms with Crippen molar-refractivity contribution in [1.82, 2.24) is 10.2 Å². The van der Waals surface area contributed by atoms with E-state index in [1.807, 2.05) is 44.2 Å². The molecule has 0 saturated heterocycles. The van der Waals surface area contributed by atoms with Crippen molar-refractivity contribution >= 4 is 85.5 Å².